The zero-order valence-electron chi connectivity index (χ0n) is 14.0. The fourth-order valence-corrected chi connectivity index (χ4v) is 4.53. The molecule has 2 aromatic rings. The summed E-state index contributed by atoms with van der Waals surface area (Å²) in [5.41, 5.74) is 3.65. The summed E-state index contributed by atoms with van der Waals surface area (Å²) in [5, 5.41) is 5.09. The monoisotopic (exact) mass is 308 g/mol. The lowest BCUT2D eigenvalue weighted by Gasteiger charge is -2.49. The van der Waals surface area contributed by atoms with Gasteiger partial charge in [0.05, 0.1) is 0 Å². The molecule has 4 rings (SSSR count). The molecule has 1 aliphatic heterocycles. The molecule has 0 radical (unpaired) electrons. The number of aromatic nitrogens is 1. The van der Waals surface area contributed by atoms with Crippen LogP contribution in [0.1, 0.15) is 32.8 Å². The van der Waals surface area contributed by atoms with Gasteiger partial charge in [0.1, 0.15) is 0 Å². The first-order valence-electron chi connectivity index (χ1n) is 8.50. The molecule has 1 fully saturated rings. The van der Waals surface area contributed by atoms with E-state index in [-0.39, 0.29) is 11.5 Å². The average molecular weight is 308 g/mol. The minimum atomic E-state index is -0.137. The molecule has 3 nitrogen and oxygen atoms in total. The van der Waals surface area contributed by atoms with Crippen molar-refractivity contribution in [2.45, 2.75) is 45.2 Å². The molecule has 1 aromatic carbocycles. The molecule has 2 N–H and O–H groups in total. The molecule has 3 heteroatoms. The third kappa shape index (κ3) is 2.34. The number of nitrogens with one attached hydrogen (secondary N) is 2. The molecule has 0 amide bonds. The number of para-hydroxylation sites is 1. The van der Waals surface area contributed by atoms with Crippen molar-refractivity contribution < 1.29 is 4.79 Å². The molecular weight excluding hydrogens is 284 g/mol. The van der Waals surface area contributed by atoms with E-state index in [9.17, 15) is 4.79 Å². The number of fused-ring (bicyclic) bond motifs is 3. The molecule has 0 spiro atoms. The van der Waals surface area contributed by atoms with Crippen molar-refractivity contribution in [2.75, 3.05) is 0 Å². The topological polar surface area (TPSA) is 44.9 Å². The van der Waals surface area contributed by atoms with Gasteiger partial charge < -0.3 is 10.3 Å². The number of H-pyrrole nitrogens is 1. The van der Waals surface area contributed by atoms with Crippen LogP contribution in [0.4, 0.5) is 0 Å². The Morgan fingerprint density at radius 1 is 1.26 bits per heavy atom. The molecule has 2 heterocycles. The molecule has 1 aromatic heterocycles. The summed E-state index contributed by atoms with van der Waals surface area (Å²) < 4.78 is 0. The van der Waals surface area contributed by atoms with Crippen molar-refractivity contribution in [3.8, 4) is 0 Å². The third-order valence-corrected chi connectivity index (χ3v) is 5.82. The highest BCUT2D eigenvalue weighted by Crippen LogP contribution is 2.41. The number of rotatable bonds is 2. The highest BCUT2D eigenvalue weighted by atomic mass is 16.1. The lowest BCUT2D eigenvalue weighted by atomic mass is 9.65. The predicted octanol–water partition coefficient (Wildman–Crippen LogP) is 3.61. The summed E-state index contributed by atoms with van der Waals surface area (Å²) in [7, 11) is 0. The molecular formula is C20H24N2O. The SMILES string of the molecule is CC1=CC(=O)C2CC1C(Cc1c[nH]c3ccccc13)NC2(C)C. The van der Waals surface area contributed by atoms with Gasteiger partial charge in [-0.3, -0.25) is 4.79 Å². The van der Waals surface area contributed by atoms with Crippen LogP contribution in [0.3, 0.4) is 0 Å². The lowest BCUT2D eigenvalue weighted by Crippen LogP contribution is -2.62. The van der Waals surface area contributed by atoms with E-state index in [0.717, 1.165) is 12.8 Å². The van der Waals surface area contributed by atoms with Gasteiger partial charge >= 0.3 is 0 Å². The Labute approximate surface area is 137 Å². The van der Waals surface area contributed by atoms with E-state index >= 15 is 0 Å². The molecule has 1 saturated heterocycles. The smallest absolute Gasteiger partial charge is 0.160 e. The Morgan fingerprint density at radius 3 is 2.87 bits per heavy atom. The normalized spacial score (nSPS) is 29.6. The second kappa shape index (κ2) is 5.07. The Balaban J connectivity index is 1.68. The number of piperidine rings is 1. The Morgan fingerprint density at radius 2 is 2.04 bits per heavy atom. The number of aromatic amines is 1. The van der Waals surface area contributed by atoms with Crippen LogP contribution in [0.5, 0.6) is 0 Å². The fraction of sp³-hybridized carbons (Fsp3) is 0.450. The first-order chi connectivity index (χ1) is 11.0. The predicted molar refractivity (Wildman–Crippen MR) is 93.4 cm³/mol. The van der Waals surface area contributed by atoms with Crippen molar-refractivity contribution in [1.82, 2.24) is 10.3 Å². The van der Waals surface area contributed by atoms with E-state index in [2.05, 4.69) is 61.5 Å². The fourth-order valence-electron chi connectivity index (χ4n) is 4.53. The maximum Gasteiger partial charge on any atom is 0.160 e. The number of carbonyl (C=O) groups is 1. The van der Waals surface area contributed by atoms with Crippen LogP contribution < -0.4 is 5.32 Å². The minimum absolute atomic E-state index is 0.107. The molecule has 120 valence electrons. The zero-order valence-corrected chi connectivity index (χ0v) is 14.0. The number of carbonyl (C=O) groups excluding carboxylic acids is 1. The molecule has 23 heavy (non-hydrogen) atoms. The zero-order chi connectivity index (χ0) is 16.2. The van der Waals surface area contributed by atoms with Crippen LogP contribution in [0.2, 0.25) is 0 Å². The van der Waals surface area contributed by atoms with Gasteiger partial charge in [0.2, 0.25) is 0 Å². The summed E-state index contributed by atoms with van der Waals surface area (Å²) in [4.78, 5) is 15.7. The van der Waals surface area contributed by atoms with Gasteiger partial charge in [0.25, 0.3) is 0 Å². The molecule has 3 unspecified atom stereocenters. The maximum absolute atomic E-state index is 12.3. The van der Waals surface area contributed by atoms with Gasteiger partial charge in [0, 0.05) is 34.6 Å². The summed E-state index contributed by atoms with van der Waals surface area (Å²) >= 11 is 0. The highest BCUT2D eigenvalue weighted by Gasteiger charge is 2.47. The minimum Gasteiger partial charge on any atom is -0.361 e. The van der Waals surface area contributed by atoms with Crippen molar-refractivity contribution in [2.24, 2.45) is 11.8 Å². The average Bonchev–Trinajstić information content (AvgIpc) is 2.89. The Kier molecular flexibility index (Phi) is 3.24. The second-order valence-corrected chi connectivity index (χ2v) is 7.72. The number of hydrogen-bond acceptors (Lipinski definition) is 2. The van der Waals surface area contributed by atoms with E-state index in [0.29, 0.717) is 17.7 Å². The molecule has 2 aliphatic rings. The van der Waals surface area contributed by atoms with E-state index < -0.39 is 0 Å². The van der Waals surface area contributed by atoms with Gasteiger partial charge in [-0.2, -0.15) is 0 Å². The quantitative estimate of drug-likeness (QED) is 0.890. The third-order valence-electron chi connectivity index (χ3n) is 5.82. The van der Waals surface area contributed by atoms with Crippen molar-refractivity contribution in [1.29, 1.82) is 0 Å². The Bertz CT molecular complexity index is 799. The second-order valence-electron chi connectivity index (χ2n) is 7.72. The van der Waals surface area contributed by atoms with Gasteiger partial charge in [-0.05, 0) is 57.2 Å². The van der Waals surface area contributed by atoms with E-state index in [1.54, 1.807) is 0 Å². The van der Waals surface area contributed by atoms with Crippen LogP contribution in [0, 0.1) is 11.8 Å². The van der Waals surface area contributed by atoms with E-state index in [1.165, 1.54) is 22.0 Å². The van der Waals surface area contributed by atoms with E-state index in [1.807, 2.05) is 6.08 Å². The van der Waals surface area contributed by atoms with Crippen LogP contribution >= 0.6 is 0 Å². The molecule has 1 aliphatic carbocycles. The summed E-state index contributed by atoms with van der Waals surface area (Å²) in [6.07, 6.45) is 6.00. The van der Waals surface area contributed by atoms with Crippen molar-refractivity contribution in [3.63, 3.8) is 0 Å². The molecule has 2 bridgehead atoms. The van der Waals surface area contributed by atoms with Crippen LogP contribution in [-0.2, 0) is 11.2 Å². The summed E-state index contributed by atoms with van der Waals surface area (Å²) in [6, 6.07) is 8.85. The lowest BCUT2D eigenvalue weighted by molar-refractivity contribution is -0.123. The number of allylic oxidation sites excluding steroid dienone is 1. The van der Waals surface area contributed by atoms with Crippen molar-refractivity contribution in [3.05, 3.63) is 47.7 Å². The maximum atomic E-state index is 12.3. The first-order valence-corrected chi connectivity index (χ1v) is 8.50. The standard InChI is InChI=1S/C20H24N2O/c1-12-8-19(23)16-10-15(12)18(22-20(16,2)3)9-13-11-21-17-7-5-4-6-14(13)17/h4-8,11,15-16,18,21-22H,9-10H2,1-3H3. The number of benzene rings is 1. The number of ketones is 1. The van der Waals surface area contributed by atoms with Crippen LogP contribution in [0.15, 0.2) is 42.1 Å². The van der Waals surface area contributed by atoms with Crippen LogP contribution in [-0.4, -0.2) is 22.3 Å². The van der Waals surface area contributed by atoms with Crippen LogP contribution in [0.25, 0.3) is 10.9 Å². The van der Waals surface area contributed by atoms with E-state index in [4.69, 9.17) is 0 Å². The Hall–Kier alpha value is -1.87. The van der Waals surface area contributed by atoms with Gasteiger partial charge in [-0.15, -0.1) is 0 Å². The summed E-state index contributed by atoms with van der Waals surface area (Å²) in [6.45, 7) is 6.45. The van der Waals surface area contributed by atoms with Gasteiger partial charge in [-0.1, -0.05) is 23.8 Å². The summed E-state index contributed by atoms with van der Waals surface area (Å²) in [5.74, 6) is 0.858. The van der Waals surface area contributed by atoms with Gasteiger partial charge in [0.15, 0.2) is 5.78 Å². The first kappa shape index (κ1) is 14.7. The largest absolute Gasteiger partial charge is 0.361 e. The van der Waals surface area contributed by atoms with Gasteiger partial charge in [-0.25, -0.2) is 0 Å². The highest BCUT2D eigenvalue weighted by molar-refractivity contribution is 5.94. The molecule has 0 saturated carbocycles. The van der Waals surface area contributed by atoms with Crippen molar-refractivity contribution >= 4 is 16.7 Å². The number of hydrogen-bond donors (Lipinski definition) is 2. The molecule has 3 atom stereocenters.